The van der Waals surface area contributed by atoms with E-state index in [-0.39, 0.29) is 30.8 Å². The third kappa shape index (κ3) is 3.27. The van der Waals surface area contributed by atoms with Crippen LogP contribution in [0.5, 0.6) is 5.75 Å². The van der Waals surface area contributed by atoms with Gasteiger partial charge in [0.1, 0.15) is 11.0 Å². The fourth-order valence-electron chi connectivity index (χ4n) is 3.45. The van der Waals surface area contributed by atoms with E-state index in [2.05, 4.69) is 0 Å². The molecule has 2 N–H and O–H groups in total. The van der Waals surface area contributed by atoms with E-state index >= 15 is 0 Å². The third-order valence-corrected chi connectivity index (χ3v) is 6.70. The number of aliphatic hydroxyl groups excluding tert-OH is 1. The molecule has 3 rings (SSSR count). The van der Waals surface area contributed by atoms with Crippen LogP contribution in [-0.2, 0) is 14.6 Å². The zero-order valence-corrected chi connectivity index (χ0v) is 14.4. The lowest BCUT2D eigenvalue weighted by molar-refractivity contribution is 0.117. The van der Waals surface area contributed by atoms with Crippen LogP contribution in [0.1, 0.15) is 25.3 Å². The molecule has 2 aliphatic rings. The van der Waals surface area contributed by atoms with Gasteiger partial charge in [0, 0.05) is 5.56 Å². The van der Waals surface area contributed by atoms with E-state index < -0.39 is 15.1 Å². The summed E-state index contributed by atoms with van der Waals surface area (Å²) in [6, 6.07) is 7.13. The van der Waals surface area contributed by atoms with Crippen LogP contribution < -0.4 is 0 Å². The zero-order chi connectivity index (χ0) is 17.3. The van der Waals surface area contributed by atoms with Gasteiger partial charge in [0.2, 0.25) is 0 Å². The first-order valence-corrected chi connectivity index (χ1v) is 9.75. The second kappa shape index (κ2) is 6.70. The van der Waals surface area contributed by atoms with Crippen LogP contribution in [-0.4, -0.2) is 49.0 Å². The van der Waals surface area contributed by atoms with Crippen molar-refractivity contribution in [1.29, 1.82) is 0 Å². The van der Waals surface area contributed by atoms with Gasteiger partial charge in [0.15, 0.2) is 9.84 Å². The Kier molecular flexibility index (Phi) is 4.80. The normalized spacial score (nSPS) is 26.0. The highest BCUT2D eigenvalue weighted by Crippen LogP contribution is 2.38. The number of ether oxygens (including phenoxy) is 1. The smallest absolute Gasteiger partial charge is 0.163 e. The molecule has 0 unspecified atom stereocenters. The minimum atomic E-state index is -3.22. The number of sulfone groups is 1. The molecule has 0 radical (unpaired) electrons. The largest absolute Gasteiger partial charge is 0.507 e. The van der Waals surface area contributed by atoms with Crippen molar-refractivity contribution in [3.63, 3.8) is 0 Å². The number of aromatic hydroxyl groups is 1. The molecule has 5 nitrogen and oxygen atoms in total. The van der Waals surface area contributed by atoms with Gasteiger partial charge < -0.3 is 14.9 Å². The lowest BCUT2D eigenvalue weighted by Gasteiger charge is -2.13. The minimum Gasteiger partial charge on any atom is -0.507 e. The Morgan fingerprint density at radius 1 is 1.38 bits per heavy atom. The SMILES string of the molecule is C/C(=C\c1ccccc1O)CC[C@H]1OC[C@H]2C1=C(CO)CS2(=O)=O. The van der Waals surface area contributed by atoms with Gasteiger partial charge in [0.05, 0.1) is 25.1 Å². The maximum atomic E-state index is 12.1. The summed E-state index contributed by atoms with van der Waals surface area (Å²) in [7, 11) is -3.22. The highest BCUT2D eigenvalue weighted by atomic mass is 32.2. The van der Waals surface area contributed by atoms with Gasteiger partial charge in [-0.3, -0.25) is 0 Å². The van der Waals surface area contributed by atoms with E-state index in [9.17, 15) is 18.6 Å². The lowest BCUT2D eigenvalue weighted by Crippen LogP contribution is -2.19. The molecule has 2 aliphatic heterocycles. The van der Waals surface area contributed by atoms with Gasteiger partial charge in [-0.05, 0) is 37.0 Å². The molecule has 1 aromatic carbocycles. The lowest BCUT2D eigenvalue weighted by atomic mass is 9.97. The first kappa shape index (κ1) is 17.2. The Hall–Kier alpha value is -1.63. The summed E-state index contributed by atoms with van der Waals surface area (Å²) >= 11 is 0. The molecule has 0 aliphatic carbocycles. The fraction of sp³-hybridized carbons (Fsp3) is 0.444. The van der Waals surface area contributed by atoms with E-state index in [0.717, 1.165) is 23.1 Å². The van der Waals surface area contributed by atoms with Gasteiger partial charge in [-0.1, -0.05) is 29.8 Å². The number of fused-ring (bicyclic) bond motifs is 1. The van der Waals surface area contributed by atoms with Crippen molar-refractivity contribution in [2.45, 2.75) is 31.1 Å². The van der Waals surface area contributed by atoms with E-state index in [1.54, 1.807) is 12.1 Å². The van der Waals surface area contributed by atoms with Crippen LogP contribution >= 0.6 is 0 Å². The highest BCUT2D eigenvalue weighted by molar-refractivity contribution is 7.92. The average molecular weight is 350 g/mol. The number of para-hydroxylation sites is 1. The van der Waals surface area contributed by atoms with Crippen LogP contribution in [0.3, 0.4) is 0 Å². The number of allylic oxidation sites excluding steroid dienone is 1. The Labute approximate surface area is 142 Å². The quantitative estimate of drug-likeness (QED) is 0.794. The molecule has 2 heterocycles. The summed E-state index contributed by atoms with van der Waals surface area (Å²) in [4.78, 5) is 0. The Morgan fingerprint density at radius 3 is 2.83 bits per heavy atom. The molecule has 1 fully saturated rings. The molecular weight excluding hydrogens is 328 g/mol. The molecule has 0 aromatic heterocycles. The number of hydrogen-bond donors (Lipinski definition) is 2. The maximum Gasteiger partial charge on any atom is 0.163 e. The van der Waals surface area contributed by atoms with Crippen LogP contribution in [0.2, 0.25) is 0 Å². The molecule has 2 atom stereocenters. The van der Waals surface area contributed by atoms with Crippen LogP contribution in [0, 0.1) is 0 Å². The maximum absolute atomic E-state index is 12.1. The van der Waals surface area contributed by atoms with Crippen LogP contribution in [0.4, 0.5) is 0 Å². The number of phenolic OH excluding ortho intramolecular Hbond substituents is 1. The van der Waals surface area contributed by atoms with Gasteiger partial charge in [-0.2, -0.15) is 0 Å². The molecule has 0 saturated carbocycles. The molecule has 0 spiro atoms. The first-order chi connectivity index (χ1) is 11.4. The zero-order valence-electron chi connectivity index (χ0n) is 13.6. The summed E-state index contributed by atoms with van der Waals surface area (Å²) in [5, 5.41) is 18.7. The van der Waals surface area contributed by atoms with Crippen molar-refractivity contribution in [2.75, 3.05) is 19.0 Å². The number of hydrogen-bond acceptors (Lipinski definition) is 5. The molecular formula is C18H22O5S. The minimum absolute atomic E-state index is 0.0456. The van der Waals surface area contributed by atoms with Crippen molar-refractivity contribution in [1.82, 2.24) is 0 Å². The van der Waals surface area contributed by atoms with Crippen molar-refractivity contribution >= 4 is 15.9 Å². The molecule has 0 bridgehead atoms. The van der Waals surface area contributed by atoms with Gasteiger partial charge in [0.25, 0.3) is 0 Å². The summed E-state index contributed by atoms with van der Waals surface area (Å²) in [6.45, 7) is 1.94. The molecule has 0 amide bonds. The van der Waals surface area contributed by atoms with Crippen molar-refractivity contribution in [3.8, 4) is 5.75 Å². The summed E-state index contributed by atoms with van der Waals surface area (Å²) in [5.41, 5.74) is 3.21. The highest BCUT2D eigenvalue weighted by Gasteiger charge is 2.46. The molecule has 130 valence electrons. The van der Waals surface area contributed by atoms with Crippen molar-refractivity contribution in [2.24, 2.45) is 0 Å². The molecule has 1 saturated heterocycles. The van der Waals surface area contributed by atoms with Crippen LogP contribution in [0.15, 0.2) is 41.0 Å². The van der Waals surface area contributed by atoms with Gasteiger partial charge in [-0.25, -0.2) is 8.42 Å². The molecule has 1 aromatic rings. The Bertz CT molecular complexity index is 791. The molecule has 24 heavy (non-hydrogen) atoms. The van der Waals surface area contributed by atoms with E-state index in [4.69, 9.17) is 4.74 Å². The Balaban J connectivity index is 1.70. The van der Waals surface area contributed by atoms with E-state index in [1.165, 1.54) is 0 Å². The van der Waals surface area contributed by atoms with Crippen molar-refractivity contribution in [3.05, 3.63) is 46.5 Å². The average Bonchev–Trinajstić information content (AvgIpc) is 3.07. The number of aliphatic hydroxyl groups is 1. The van der Waals surface area contributed by atoms with Crippen molar-refractivity contribution < 1.29 is 23.4 Å². The fourth-order valence-corrected chi connectivity index (χ4v) is 5.39. The van der Waals surface area contributed by atoms with Gasteiger partial charge in [-0.15, -0.1) is 0 Å². The number of phenols is 1. The summed E-state index contributed by atoms with van der Waals surface area (Å²) in [5.74, 6) is 0.192. The van der Waals surface area contributed by atoms with E-state index in [0.29, 0.717) is 12.0 Å². The second-order valence-corrected chi connectivity index (χ2v) is 8.61. The topological polar surface area (TPSA) is 83.8 Å². The first-order valence-electron chi connectivity index (χ1n) is 8.03. The standard InChI is InChI=1S/C18H22O5S/c1-12(8-13-4-2-3-5-15(13)20)6-7-16-18-14(9-19)11-24(21,22)17(18)10-23-16/h2-5,8,16-17,19-20H,6-7,9-11H2,1H3/b12-8+/t16-,17+/m1/s1. The van der Waals surface area contributed by atoms with Gasteiger partial charge >= 0.3 is 0 Å². The molecule has 6 heteroatoms. The predicted molar refractivity (Wildman–Crippen MR) is 92.4 cm³/mol. The summed E-state index contributed by atoms with van der Waals surface area (Å²) in [6.07, 6.45) is 3.07. The predicted octanol–water partition coefficient (Wildman–Crippen LogP) is 2.06. The third-order valence-electron chi connectivity index (χ3n) is 4.69. The summed E-state index contributed by atoms with van der Waals surface area (Å²) < 4.78 is 29.9. The second-order valence-electron chi connectivity index (χ2n) is 6.42. The number of rotatable bonds is 5. The van der Waals surface area contributed by atoms with E-state index in [1.807, 2.05) is 25.1 Å². The number of benzene rings is 1. The monoisotopic (exact) mass is 350 g/mol. The van der Waals surface area contributed by atoms with Crippen LogP contribution in [0.25, 0.3) is 6.08 Å². The Morgan fingerprint density at radius 2 is 2.12 bits per heavy atom.